The minimum Gasteiger partial charge on any atom is -0.489 e. The lowest BCUT2D eigenvalue weighted by atomic mass is 10.1. The van der Waals surface area contributed by atoms with Gasteiger partial charge >= 0.3 is 0 Å². The summed E-state index contributed by atoms with van der Waals surface area (Å²) in [7, 11) is 0. The molecule has 0 atom stereocenters. The van der Waals surface area contributed by atoms with Crippen LogP contribution >= 0.6 is 0 Å². The molecule has 0 unspecified atom stereocenters. The van der Waals surface area contributed by atoms with Crippen LogP contribution < -0.4 is 10.5 Å². The Kier molecular flexibility index (Phi) is 4.42. The fourth-order valence-corrected chi connectivity index (χ4v) is 2.06. The summed E-state index contributed by atoms with van der Waals surface area (Å²) in [5.74, 6) is 0.117. The van der Waals surface area contributed by atoms with Crippen LogP contribution in [0.1, 0.15) is 22.3 Å². The number of ether oxygens (including phenoxy) is 1. The molecular weight excluding hydrogens is 271 g/mol. The van der Waals surface area contributed by atoms with Crippen molar-refractivity contribution < 1.29 is 14.3 Å². The first-order valence-corrected chi connectivity index (χ1v) is 6.47. The molecule has 2 aromatic carbocycles. The van der Waals surface area contributed by atoms with Crippen LogP contribution in [0.3, 0.4) is 0 Å². The third-order valence-corrected chi connectivity index (χ3v) is 3.05. The van der Waals surface area contributed by atoms with Gasteiger partial charge in [0.2, 0.25) is 0 Å². The van der Waals surface area contributed by atoms with Gasteiger partial charge in [0.15, 0.2) is 5.84 Å². The topological polar surface area (TPSA) is 67.8 Å². The number of hydrogen-bond donors (Lipinski definition) is 2. The second-order valence-corrected chi connectivity index (χ2v) is 4.90. The molecule has 0 spiro atoms. The second kappa shape index (κ2) is 6.26. The Morgan fingerprint density at radius 1 is 1.19 bits per heavy atom. The van der Waals surface area contributed by atoms with Crippen LogP contribution in [0, 0.1) is 19.7 Å². The molecule has 0 aliphatic rings. The summed E-state index contributed by atoms with van der Waals surface area (Å²) in [6, 6.07) is 10.2. The summed E-state index contributed by atoms with van der Waals surface area (Å²) in [5, 5.41) is 11.4. The van der Waals surface area contributed by atoms with Gasteiger partial charge in [-0.15, -0.1) is 0 Å². The number of amidine groups is 1. The van der Waals surface area contributed by atoms with Crippen molar-refractivity contribution in [1.82, 2.24) is 0 Å². The highest BCUT2D eigenvalue weighted by Crippen LogP contribution is 2.19. The third-order valence-electron chi connectivity index (χ3n) is 3.05. The van der Waals surface area contributed by atoms with Crippen molar-refractivity contribution in [3.05, 3.63) is 64.5 Å². The van der Waals surface area contributed by atoms with Crippen LogP contribution in [-0.2, 0) is 6.61 Å². The fraction of sp³-hybridized carbons (Fsp3) is 0.188. The molecule has 4 nitrogen and oxygen atoms in total. The van der Waals surface area contributed by atoms with Gasteiger partial charge in [-0.1, -0.05) is 23.4 Å². The van der Waals surface area contributed by atoms with E-state index >= 15 is 0 Å². The van der Waals surface area contributed by atoms with E-state index in [1.54, 1.807) is 12.1 Å². The Bertz CT molecular complexity index is 664. The van der Waals surface area contributed by atoms with E-state index in [9.17, 15) is 4.39 Å². The molecule has 0 aliphatic heterocycles. The first-order chi connectivity index (χ1) is 9.99. The summed E-state index contributed by atoms with van der Waals surface area (Å²) < 4.78 is 19.5. The zero-order valence-corrected chi connectivity index (χ0v) is 11.9. The van der Waals surface area contributed by atoms with Crippen molar-refractivity contribution >= 4 is 5.84 Å². The number of aryl methyl sites for hydroxylation is 2. The molecule has 2 rings (SSSR count). The highest BCUT2D eigenvalue weighted by Gasteiger charge is 2.07. The van der Waals surface area contributed by atoms with Gasteiger partial charge in [0, 0.05) is 11.1 Å². The smallest absolute Gasteiger partial charge is 0.170 e. The Morgan fingerprint density at radius 3 is 2.43 bits per heavy atom. The Morgan fingerprint density at radius 2 is 1.86 bits per heavy atom. The van der Waals surface area contributed by atoms with E-state index in [1.807, 2.05) is 32.0 Å². The first kappa shape index (κ1) is 14.8. The molecule has 0 saturated carbocycles. The second-order valence-electron chi connectivity index (χ2n) is 4.90. The molecule has 0 heterocycles. The summed E-state index contributed by atoms with van der Waals surface area (Å²) in [4.78, 5) is 0. The first-order valence-electron chi connectivity index (χ1n) is 6.47. The average molecular weight is 288 g/mol. The van der Waals surface area contributed by atoms with Crippen LogP contribution in [0.25, 0.3) is 0 Å². The molecule has 3 N–H and O–H groups in total. The van der Waals surface area contributed by atoms with E-state index in [2.05, 4.69) is 5.16 Å². The third kappa shape index (κ3) is 3.72. The van der Waals surface area contributed by atoms with Gasteiger partial charge in [-0.25, -0.2) is 4.39 Å². The predicted octanol–water partition coefficient (Wildman–Crippen LogP) is 3.12. The minimum absolute atomic E-state index is 0.116. The van der Waals surface area contributed by atoms with Crippen LogP contribution in [-0.4, -0.2) is 11.0 Å². The standard InChI is InChI=1S/C16H17FN2O2/c1-10-5-11(2)7-14(6-10)21-9-13-4-3-12(8-15(13)17)16(18)19-20/h3-8,20H,9H2,1-2H3,(H2,18,19). The SMILES string of the molecule is Cc1cc(C)cc(OCc2ccc(/C(N)=N/O)cc2F)c1. The molecule has 5 heteroatoms. The van der Waals surface area contributed by atoms with Gasteiger partial charge in [0.05, 0.1) is 0 Å². The highest BCUT2D eigenvalue weighted by atomic mass is 19.1. The van der Waals surface area contributed by atoms with Crippen LogP contribution in [0.4, 0.5) is 4.39 Å². The molecule has 2 aromatic rings. The molecule has 0 amide bonds. The minimum atomic E-state index is -0.455. The number of halogens is 1. The van der Waals surface area contributed by atoms with Crippen molar-refractivity contribution in [1.29, 1.82) is 0 Å². The lowest BCUT2D eigenvalue weighted by molar-refractivity contribution is 0.299. The molecular formula is C16H17FN2O2. The van der Waals surface area contributed by atoms with Gasteiger partial charge in [0.25, 0.3) is 0 Å². The maximum Gasteiger partial charge on any atom is 0.170 e. The molecule has 0 radical (unpaired) electrons. The van der Waals surface area contributed by atoms with E-state index in [-0.39, 0.29) is 12.4 Å². The van der Waals surface area contributed by atoms with Gasteiger partial charge in [-0.3, -0.25) is 0 Å². The Hall–Kier alpha value is -2.56. The summed E-state index contributed by atoms with van der Waals surface area (Å²) in [5.41, 5.74) is 8.33. The number of oxime groups is 1. The Balaban J connectivity index is 2.13. The highest BCUT2D eigenvalue weighted by molar-refractivity contribution is 5.97. The summed E-state index contributed by atoms with van der Waals surface area (Å²) >= 11 is 0. The number of nitrogens with zero attached hydrogens (tertiary/aromatic N) is 1. The van der Waals surface area contributed by atoms with Crippen molar-refractivity contribution in [2.45, 2.75) is 20.5 Å². The molecule has 0 bridgehead atoms. The zero-order valence-electron chi connectivity index (χ0n) is 11.9. The van der Waals surface area contributed by atoms with Crippen molar-refractivity contribution in [2.75, 3.05) is 0 Å². The lowest BCUT2D eigenvalue weighted by Crippen LogP contribution is -2.13. The number of benzene rings is 2. The quantitative estimate of drug-likeness (QED) is 0.393. The monoisotopic (exact) mass is 288 g/mol. The largest absolute Gasteiger partial charge is 0.489 e. The summed E-state index contributed by atoms with van der Waals surface area (Å²) in [6.07, 6.45) is 0. The van der Waals surface area contributed by atoms with Crippen LogP contribution in [0.15, 0.2) is 41.6 Å². The van der Waals surface area contributed by atoms with Gasteiger partial charge in [-0.2, -0.15) is 0 Å². The molecule has 0 saturated heterocycles. The van der Waals surface area contributed by atoms with Gasteiger partial charge < -0.3 is 15.7 Å². The van der Waals surface area contributed by atoms with E-state index in [0.29, 0.717) is 16.9 Å². The number of nitrogens with two attached hydrogens (primary N) is 1. The molecule has 110 valence electrons. The number of rotatable bonds is 4. The lowest BCUT2D eigenvalue weighted by Gasteiger charge is -2.10. The van der Waals surface area contributed by atoms with Crippen molar-refractivity contribution in [3.8, 4) is 5.75 Å². The van der Waals surface area contributed by atoms with Crippen molar-refractivity contribution in [3.63, 3.8) is 0 Å². The number of hydrogen-bond acceptors (Lipinski definition) is 3. The van der Waals surface area contributed by atoms with Gasteiger partial charge in [-0.05, 0) is 43.2 Å². The van der Waals surface area contributed by atoms with Crippen LogP contribution in [0.5, 0.6) is 5.75 Å². The summed E-state index contributed by atoms with van der Waals surface area (Å²) in [6.45, 7) is 4.07. The van der Waals surface area contributed by atoms with E-state index in [0.717, 1.165) is 11.1 Å². The average Bonchev–Trinajstić information content (AvgIpc) is 2.44. The van der Waals surface area contributed by atoms with E-state index < -0.39 is 5.82 Å². The normalized spacial score (nSPS) is 11.5. The van der Waals surface area contributed by atoms with E-state index in [4.69, 9.17) is 15.7 Å². The fourth-order valence-electron chi connectivity index (χ4n) is 2.06. The van der Waals surface area contributed by atoms with Crippen molar-refractivity contribution in [2.24, 2.45) is 10.9 Å². The van der Waals surface area contributed by atoms with Gasteiger partial charge in [0.1, 0.15) is 18.2 Å². The Labute approximate surface area is 122 Å². The molecule has 0 fully saturated rings. The van der Waals surface area contributed by atoms with Crippen LogP contribution in [0.2, 0.25) is 0 Å². The maximum absolute atomic E-state index is 13.9. The maximum atomic E-state index is 13.9. The molecule has 0 aromatic heterocycles. The zero-order chi connectivity index (χ0) is 15.4. The van der Waals surface area contributed by atoms with E-state index in [1.165, 1.54) is 6.07 Å². The predicted molar refractivity (Wildman–Crippen MR) is 79.2 cm³/mol. The molecule has 21 heavy (non-hydrogen) atoms. The molecule has 0 aliphatic carbocycles.